The summed E-state index contributed by atoms with van der Waals surface area (Å²) in [6.07, 6.45) is 2.94. The number of ether oxygens (including phenoxy) is 1. The van der Waals surface area contributed by atoms with Crippen molar-refractivity contribution in [2.75, 3.05) is 12.4 Å². The number of aromatic amines is 1. The van der Waals surface area contributed by atoms with Crippen molar-refractivity contribution in [1.82, 2.24) is 25.1 Å². The first-order valence-corrected chi connectivity index (χ1v) is 7.82. The average Bonchev–Trinajstić information content (AvgIpc) is 2.94. The molecule has 0 bridgehead atoms. The number of H-pyrrole nitrogens is 1. The fraction of sp³-hybridized carbons (Fsp3) is 0.500. The molecule has 9 nitrogen and oxygen atoms in total. The van der Waals surface area contributed by atoms with Crippen LogP contribution in [0.15, 0.2) is 23.3 Å². The fourth-order valence-electron chi connectivity index (χ4n) is 2.27. The Morgan fingerprint density at radius 1 is 1.28 bits per heavy atom. The van der Waals surface area contributed by atoms with Crippen molar-refractivity contribution in [3.63, 3.8) is 0 Å². The molecule has 0 spiro atoms. The molecule has 2 aromatic rings. The van der Waals surface area contributed by atoms with E-state index in [1.54, 1.807) is 30.8 Å². The molecule has 2 amide bonds. The van der Waals surface area contributed by atoms with Gasteiger partial charge >= 0.3 is 6.03 Å². The maximum absolute atomic E-state index is 12.4. The molecule has 0 radical (unpaired) electrons. The first-order valence-electron chi connectivity index (χ1n) is 7.82. The van der Waals surface area contributed by atoms with Crippen LogP contribution in [0.2, 0.25) is 0 Å². The first-order chi connectivity index (χ1) is 11.5. The number of urea groups is 1. The van der Waals surface area contributed by atoms with Crippen molar-refractivity contribution in [3.8, 4) is 5.75 Å². The van der Waals surface area contributed by atoms with Gasteiger partial charge in [-0.15, -0.1) is 0 Å². The summed E-state index contributed by atoms with van der Waals surface area (Å²) in [4.78, 5) is 31.0. The molecular weight excluding hydrogens is 324 g/mol. The minimum atomic E-state index is -0.901. The summed E-state index contributed by atoms with van der Waals surface area (Å²) in [7, 11) is 1.39. The highest BCUT2D eigenvalue weighted by atomic mass is 16.5. The molecule has 0 aliphatic carbocycles. The van der Waals surface area contributed by atoms with Crippen LogP contribution in [0.3, 0.4) is 0 Å². The molecule has 0 aromatic carbocycles. The zero-order chi connectivity index (χ0) is 18.8. The third-order valence-electron chi connectivity index (χ3n) is 3.52. The second kappa shape index (κ2) is 6.58. The minimum Gasteiger partial charge on any atom is -0.490 e. The average molecular weight is 348 g/mol. The molecule has 3 N–H and O–H groups in total. The lowest BCUT2D eigenvalue weighted by atomic mass is 10.1. The van der Waals surface area contributed by atoms with Gasteiger partial charge in [-0.05, 0) is 34.6 Å². The predicted molar refractivity (Wildman–Crippen MR) is 93.8 cm³/mol. The molecule has 0 aliphatic heterocycles. The van der Waals surface area contributed by atoms with Crippen LogP contribution in [0.1, 0.15) is 40.4 Å². The number of nitrogens with one attached hydrogen (secondary N) is 3. The molecule has 0 unspecified atom stereocenters. The number of carbonyl (C=O) groups excluding carboxylic acids is 1. The first kappa shape index (κ1) is 18.5. The Bertz CT molecular complexity index is 816. The van der Waals surface area contributed by atoms with Gasteiger partial charge in [0.05, 0.1) is 30.6 Å². The number of anilines is 1. The monoisotopic (exact) mass is 348 g/mol. The van der Waals surface area contributed by atoms with Crippen LogP contribution in [0, 0.1) is 0 Å². The Kier molecular flexibility index (Phi) is 4.87. The molecule has 9 heteroatoms. The normalized spacial score (nSPS) is 11.9. The Labute approximate surface area is 145 Å². The summed E-state index contributed by atoms with van der Waals surface area (Å²) in [5.74, 6) is 0.993. The number of aromatic nitrogens is 4. The van der Waals surface area contributed by atoms with Crippen molar-refractivity contribution in [1.29, 1.82) is 0 Å². The largest absolute Gasteiger partial charge is 0.490 e. The van der Waals surface area contributed by atoms with Gasteiger partial charge in [-0.1, -0.05) is 0 Å². The van der Waals surface area contributed by atoms with Gasteiger partial charge in [0.2, 0.25) is 5.75 Å². The molecule has 2 aromatic heterocycles. The van der Waals surface area contributed by atoms with Gasteiger partial charge in [0.25, 0.3) is 5.56 Å². The second-order valence-corrected chi connectivity index (χ2v) is 7.13. The van der Waals surface area contributed by atoms with Crippen LogP contribution < -0.4 is 20.9 Å². The number of nitrogens with zero attached hydrogens (tertiary/aromatic N) is 3. The lowest BCUT2D eigenvalue weighted by molar-refractivity contribution is 0.239. The van der Waals surface area contributed by atoms with Crippen molar-refractivity contribution in [3.05, 3.63) is 34.6 Å². The summed E-state index contributed by atoms with van der Waals surface area (Å²) in [5.41, 5.74) is -1.58. The summed E-state index contributed by atoms with van der Waals surface area (Å²) in [5, 5.41) is 9.78. The fourth-order valence-corrected chi connectivity index (χ4v) is 2.27. The van der Waals surface area contributed by atoms with Crippen molar-refractivity contribution in [2.45, 2.75) is 45.7 Å². The zero-order valence-corrected chi connectivity index (χ0v) is 15.3. The van der Waals surface area contributed by atoms with E-state index in [1.807, 2.05) is 20.8 Å². The Morgan fingerprint density at radius 2 is 1.96 bits per heavy atom. The number of carbonyl (C=O) groups is 1. The quantitative estimate of drug-likeness (QED) is 0.779. The minimum absolute atomic E-state index is 0.109. The number of hydrogen-bond acceptors (Lipinski definition) is 5. The van der Waals surface area contributed by atoms with Gasteiger partial charge in [-0.3, -0.25) is 10.1 Å². The van der Waals surface area contributed by atoms with Crippen LogP contribution in [-0.4, -0.2) is 32.9 Å². The highest BCUT2D eigenvalue weighted by molar-refractivity contribution is 5.88. The Morgan fingerprint density at radius 3 is 2.52 bits per heavy atom. The predicted octanol–water partition coefficient (Wildman–Crippen LogP) is 1.79. The molecular formula is C16H24N6O3. The van der Waals surface area contributed by atoms with Gasteiger partial charge in [-0.2, -0.15) is 5.10 Å². The van der Waals surface area contributed by atoms with Crippen molar-refractivity contribution < 1.29 is 9.53 Å². The molecule has 0 saturated heterocycles. The van der Waals surface area contributed by atoms with E-state index >= 15 is 0 Å². The van der Waals surface area contributed by atoms with Gasteiger partial charge < -0.3 is 15.0 Å². The maximum Gasteiger partial charge on any atom is 0.321 e. The van der Waals surface area contributed by atoms with Gasteiger partial charge in [-0.25, -0.2) is 14.5 Å². The smallest absolute Gasteiger partial charge is 0.321 e. The SMILES string of the molecule is COc1cnc(C(C)(C)NC(=O)Nc2ccnn2C(C)(C)C)[nH]c1=O. The van der Waals surface area contributed by atoms with Crippen LogP contribution in [0.5, 0.6) is 5.75 Å². The van der Waals surface area contributed by atoms with E-state index in [-0.39, 0.29) is 11.3 Å². The molecule has 2 rings (SSSR count). The molecule has 0 saturated carbocycles. The number of rotatable bonds is 4. The molecule has 2 heterocycles. The molecule has 0 fully saturated rings. The summed E-state index contributed by atoms with van der Waals surface area (Å²) in [6, 6.07) is 1.28. The van der Waals surface area contributed by atoms with Crippen LogP contribution in [0.25, 0.3) is 0 Å². The molecule has 0 aliphatic rings. The third-order valence-corrected chi connectivity index (χ3v) is 3.52. The van der Waals surface area contributed by atoms with Gasteiger partial charge in [0.1, 0.15) is 11.6 Å². The standard InChI is InChI=1S/C16H24N6O3/c1-15(2,3)22-11(7-8-18-22)19-14(24)21-16(4,5)13-17-9-10(25-6)12(23)20-13/h7-9H,1-6H3,(H,17,20,23)(H2,19,21,24). The highest BCUT2D eigenvalue weighted by Gasteiger charge is 2.27. The van der Waals surface area contributed by atoms with Crippen molar-refractivity contribution >= 4 is 11.8 Å². The Balaban J connectivity index is 2.15. The van der Waals surface area contributed by atoms with E-state index in [1.165, 1.54) is 13.3 Å². The number of amides is 2. The van der Waals surface area contributed by atoms with Crippen LogP contribution >= 0.6 is 0 Å². The van der Waals surface area contributed by atoms with E-state index in [0.717, 1.165) is 0 Å². The van der Waals surface area contributed by atoms with Crippen molar-refractivity contribution in [2.24, 2.45) is 0 Å². The van der Waals surface area contributed by atoms with E-state index in [9.17, 15) is 9.59 Å². The number of methoxy groups -OCH3 is 1. The lowest BCUT2D eigenvalue weighted by Gasteiger charge is -2.26. The summed E-state index contributed by atoms with van der Waals surface area (Å²) in [6.45, 7) is 9.42. The van der Waals surface area contributed by atoms with E-state index in [2.05, 4.69) is 25.7 Å². The zero-order valence-electron chi connectivity index (χ0n) is 15.3. The van der Waals surface area contributed by atoms with Crippen LogP contribution in [-0.2, 0) is 11.1 Å². The maximum atomic E-state index is 12.4. The number of hydrogen-bond donors (Lipinski definition) is 3. The summed E-state index contributed by atoms with van der Waals surface area (Å²) < 4.78 is 6.61. The second-order valence-electron chi connectivity index (χ2n) is 7.13. The summed E-state index contributed by atoms with van der Waals surface area (Å²) >= 11 is 0. The van der Waals surface area contributed by atoms with Gasteiger partial charge in [0.15, 0.2) is 0 Å². The highest BCUT2D eigenvalue weighted by Crippen LogP contribution is 2.20. The topological polar surface area (TPSA) is 114 Å². The van der Waals surface area contributed by atoms with E-state index in [4.69, 9.17) is 4.74 Å². The molecule has 0 atom stereocenters. The molecule has 136 valence electrons. The van der Waals surface area contributed by atoms with E-state index < -0.39 is 17.1 Å². The van der Waals surface area contributed by atoms with Crippen LogP contribution in [0.4, 0.5) is 10.6 Å². The Hall–Kier alpha value is -2.84. The molecule has 25 heavy (non-hydrogen) atoms. The lowest BCUT2D eigenvalue weighted by Crippen LogP contribution is -2.45. The van der Waals surface area contributed by atoms with Gasteiger partial charge in [0, 0.05) is 6.07 Å². The van der Waals surface area contributed by atoms with E-state index in [0.29, 0.717) is 11.6 Å². The third kappa shape index (κ3) is 4.17.